The molecule has 1 aromatic carbocycles. The molecule has 0 radical (unpaired) electrons. The van der Waals surface area contributed by atoms with Gasteiger partial charge in [0, 0.05) is 13.7 Å². The van der Waals surface area contributed by atoms with Crippen molar-refractivity contribution >= 4 is 15.9 Å². The molecule has 0 aliphatic heterocycles. The first-order chi connectivity index (χ1) is 10.2. The number of methoxy groups -OCH3 is 1. The van der Waals surface area contributed by atoms with Crippen LogP contribution in [0.15, 0.2) is 16.6 Å². The maximum Gasteiger partial charge on any atom is 0.175 e. The van der Waals surface area contributed by atoms with Gasteiger partial charge in [-0.05, 0) is 47.6 Å². The van der Waals surface area contributed by atoms with E-state index in [0.717, 1.165) is 22.3 Å². The van der Waals surface area contributed by atoms with E-state index in [1.54, 1.807) is 7.11 Å². The number of benzene rings is 1. The van der Waals surface area contributed by atoms with Crippen molar-refractivity contribution in [1.82, 2.24) is 5.32 Å². The Kier molecular flexibility index (Phi) is 9.41. The van der Waals surface area contributed by atoms with Crippen LogP contribution in [0.1, 0.15) is 12.5 Å². The molecule has 0 heterocycles. The maximum absolute atomic E-state index is 5.78. The number of hydrogen-bond donors (Lipinski definition) is 1. The summed E-state index contributed by atoms with van der Waals surface area (Å²) in [6, 6.07) is 4.02. The molecule has 21 heavy (non-hydrogen) atoms. The first-order valence-electron chi connectivity index (χ1n) is 7.02. The van der Waals surface area contributed by atoms with Gasteiger partial charge in [0.25, 0.3) is 0 Å². The second-order valence-corrected chi connectivity index (χ2v) is 5.18. The molecule has 0 atom stereocenters. The largest absolute Gasteiger partial charge is 0.490 e. The second-order valence-electron chi connectivity index (χ2n) is 4.32. The van der Waals surface area contributed by atoms with Gasteiger partial charge in [-0.1, -0.05) is 0 Å². The van der Waals surface area contributed by atoms with Crippen LogP contribution < -0.4 is 14.8 Å². The predicted molar refractivity (Wildman–Crippen MR) is 86.3 cm³/mol. The van der Waals surface area contributed by atoms with Gasteiger partial charge >= 0.3 is 0 Å². The standard InChI is InChI=1S/C15H24BrNO4/c1-4-20-14-10-12(11-17-2)9-13(16)15(14)21-8-7-19-6-5-18-3/h9-10,17H,4-8,11H2,1-3H3. The van der Waals surface area contributed by atoms with Crippen LogP contribution in [0.2, 0.25) is 0 Å². The van der Waals surface area contributed by atoms with E-state index in [9.17, 15) is 0 Å². The van der Waals surface area contributed by atoms with Crippen LogP contribution in [0.25, 0.3) is 0 Å². The Morgan fingerprint density at radius 1 is 1.10 bits per heavy atom. The molecule has 1 N–H and O–H groups in total. The lowest BCUT2D eigenvalue weighted by Crippen LogP contribution is -2.11. The summed E-state index contributed by atoms with van der Waals surface area (Å²) in [5.41, 5.74) is 1.14. The molecule has 1 aromatic rings. The van der Waals surface area contributed by atoms with Gasteiger partial charge in [-0.2, -0.15) is 0 Å². The Balaban J connectivity index is 2.62. The van der Waals surface area contributed by atoms with Crippen LogP contribution in [0.4, 0.5) is 0 Å². The molecule has 0 amide bonds. The van der Waals surface area contributed by atoms with E-state index >= 15 is 0 Å². The second kappa shape index (κ2) is 10.8. The molecule has 5 nitrogen and oxygen atoms in total. The van der Waals surface area contributed by atoms with Crippen LogP contribution >= 0.6 is 15.9 Å². The van der Waals surface area contributed by atoms with Gasteiger partial charge in [0.05, 0.1) is 30.9 Å². The first kappa shape index (κ1) is 18.2. The molecule has 0 aromatic heterocycles. The average molecular weight is 362 g/mol. The smallest absolute Gasteiger partial charge is 0.175 e. The van der Waals surface area contributed by atoms with Gasteiger partial charge in [0.15, 0.2) is 11.5 Å². The predicted octanol–water partition coefficient (Wildman–Crippen LogP) is 2.61. The van der Waals surface area contributed by atoms with Gasteiger partial charge in [0.1, 0.15) is 6.61 Å². The number of hydrogen-bond acceptors (Lipinski definition) is 5. The molecule has 0 fully saturated rings. The lowest BCUT2D eigenvalue weighted by molar-refractivity contribution is 0.0537. The SMILES string of the molecule is CCOc1cc(CNC)cc(Br)c1OCCOCCOC. The Morgan fingerprint density at radius 2 is 1.86 bits per heavy atom. The molecule has 6 heteroatoms. The summed E-state index contributed by atoms with van der Waals surface area (Å²) >= 11 is 3.54. The summed E-state index contributed by atoms with van der Waals surface area (Å²) in [5, 5.41) is 3.12. The third-order valence-corrected chi connectivity index (χ3v) is 3.24. The molecular weight excluding hydrogens is 338 g/mol. The van der Waals surface area contributed by atoms with Crippen molar-refractivity contribution in [3.8, 4) is 11.5 Å². The first-order valence-corrected chi connectivity index (χ1v) is 7.81. The third kappa shape index (κ3) is 6.65. The zero-order valence-electron chi connectivity index (χ0n) is 12.9. The van der Waals surface area contributed by atoms with Crippen molar-refractivity contribution in [1.29, 1.82) is 0 Å². The molecule has 1 rings (SSSR count). The topological polar surface area (TPSA) is 49.0 Å². The Bertz CT molecular complexity index is 415. The van der Waals surface area contributed by atoms with Gasteiger partial charge in [-0.3, -0.25) is 0 Å². The van der Waals surface area contributed by atoms with E-state index in [4.69, 9.17) is 18.9 Å². The fraction of sp³-hybridized carbons (Fsp3) is 0.600. The van der Waals surface area contributed by atoms with Crippen molar-refractivity contribution in [2.75, 3.05) is 47.2 Å². The van der Waals surface area contributed by atoms with Gasteiger partial charge < -0.3 is 24.3 Å². The molecule has 0 saturated carbocycles. The minimum Gasteiger partial charge on any atom is -0.490 e. The summed E-state index contributed by atoms with van der Waals surface area (Å²) in [5.74, 6) is 1.46. The quantitative estimate of drug-likeness (QED) is 0.614. The van der Waals surface area contributed by atoms with E-state index in [2.05, 4.69) is 21.2 Å². The molecule has 0 spiro atoms. The van der Waals surface area contributed by atoms with E-state index in [-0.39, 0.29) is 0 Å². The van der Waals surface area contributed by atoms with Crippen molar-refractivity contribution in [3.05, 3.63) is 22.2 Å². The minimum atomic E-state index is 0.466. The summed E-state index contributed by atoms with van der Waals surface area (Å²) in [4.78, 5) is 0. The molecule has 0 bridgehead atoms. The van der Waals surface area contributed by atoms with Gasteiger partial charge in [-0.25, -0.2) is 0 Å². The van der Waals surface area contributed by atoms with Crippen molar-refractivity contribution in [2.24, 2.45) is 0 Å². The number of rotatable bonds is 11. The highest BCUT2D eigenvalue weighted by atomic mass is 79.9. The molecule has 0 unspecified atom stereocenters. The highest BCUT2D eigenvalue weighted by Crippen LogP contribution is 2.36. The highest BCUT2D eigenvalue weighted by molar-refractivity contribution is 9.10. The van der Waals surface area contributed by atoms with Crippen molar-refractivity contribution in [2.45, 2.75) is 13.5 Å². The Labute approximate surface area is 135 Å². The van der Waals surface area contributed by atoms with E-state index in [1.807, 2.05) is 26.1 Å². The Morgan fingerprint density at radius 3 is 2.52 bits per heavy atom. The van der Waals surface area contributed by atoms with Crippen LogP contribution in [0.5, 0.6) is 11.5 Å². The number of ether oxygens (including phenoxy) is 4. The zero-order valence-corrected chi connectivity index (χ0v) is 14.5. The number of nitrogens with one attached hydrogen (secondary N) is 1. The monoisotopic (exact) mass is 361 g/mol. The molecular formula is C15H24BrNO4. The molecule has 0 aliphatic rings. The average Bonchev–Trinajstić information content (AvgIpc) is 2.45. The summed E-state index contributed by atoms with van der Waals surface area (Å²) in [6.45, 7) is 5.46. The maximum atomic E-state index is 5.78. The lowest BCUT2D eigenvalue weighted by atomic mass is 10.2. The van der Waals surface area contributed by atoms with Gasteiger partial charge in [-0.15, -0.1) is 0 Å². The normalized spacial score (nSPS) is 10.7. The molecule has 120 valence electrons. The van der Waals surface area contributed by atoms with Gasteiger partial charge in [0.2, 0.25) is 0 Å². The molecule has 0 aliphatic carbocycles. The third-order valence-electron chi connectivity index (χ3n) is 2.66. The van der Waals surface area contributed by atoms with E-state index < -0.39 is 0 Å². The van der Waals surface area contributed by atoms with Crippen molar-refractivity contribution < 1.29 is 18.9 Å². The fourth-order valence-corrected chi connectivity index (χ4v) is 2.38. The van der Waals surface area contributed by atoms with E-state index in [1.165, 1.54) is 0 Å². The summed E-state index contributed by atoms with van der Waals surface area (Å²) in [6.07, 6.45) is 0. The van der Waals surface area contributed by atoms with Crippen LogP contribution in [0, 0.1) is 0 Å². The fourth-order valence-electron chi connectivity index (χ4n) is 1.78. The molecule has 0 saturated heterocycles. The van der Waals surface area contributed by atoms with Crippen LogP contribution in [0.3, 0.4) is 0 Å². The van der Waals surface area contributed by atoms with Crippen LogP contribution in [-0.4, -0.2) is 47.2 Å². The van der Waals surface area contributed by atoms with E-state index in [0.29, 0.717) is 38.8 Å². The lowest BCUT2D eigenvalue weighted by Gasteiger charge is -2.15. The zero-order chi connectivity index (χ0) is 15.5. The van der Waals surface area contributed by atoms with Crippen LogP contribution in [-0.2, 0) is 16.0 Å². The van der Waals surface area contributed by atoms with Crippen molar-refractivity contribution in [3.63, 3.8) is 0 Å². The summed E-state index contributed by atoms with van der Waals surface area (Å²) < 4.78 is 22.6. The summed E-state index contributed by atoms with van der Waals surface area (Å²) in [7, 11) is 3.56. The number of halogens is 1. The highest BCUT2D eigenvalue weighted by Gasteiger charge is 2.12. The Hall–Kier alpha value is -0.820. The minimum absolute atomic E-state index is 0.466.